The molecule has 6 rings (SSSR count). The van der Waals surface area contributed by atoms with E-state index in [1.165, 1.54) is 18.4 Å². The average molecular weight is 479 g/mol. The normalized spacial score (nSPS) is 24.6. The summed E-state index contributed by atoms with van der Waals surface area (Å²) in [4.78, 5) is 30.0. The van der Waals surface area contributed by atoms with Crippen molar-refractivity contribution in [2.24, 2.45) is 5.41 Å². The lowest BCUT2D eigenvalue weighted by Gasteiger charge is -2.59. The molecule has 2 aromatic rings. The Labute approximate surface area is 206 Å². The Kier molecular flexibility index (Phi) is 5.89. The van der Waals surface area contributed by atoms with Gasteiger partial charge in [-0.25, -0.2) is 14.8 Å². The number of amides is 2. The highest BCUT2D eigenvalue weighted by Gasteiger charge is 2.52. The van der Waals surface area contributed by atoms with Crippen LogP contribution < -0.4 is 10.2 Å². The van der Waals surface area contributed by atoms with E-state index in [0.717, 1.165) is 55.1 Å². The van der Waals surface area contributed by atoms with Crippen LogP contribution in [-0.2, 0) is 6.54 Å². The van der Waals surface area contributed by atoms with Gasteiger partial charge in [-0.3, -0.25) is 4.90 Å². The summed E-state index contributed by atoms with van der Waals surface area (Å²) in [7, 11) is 0. The highest BCUT2D eigenvalue weighted by atomic mass is 32.2. The Morgan fingerprint density at radius 2 is 1.85 bits per heavy atom. The Balaban J connectivity index is 0.935. The zero-order valence-corrected chi connectivity index (χ0v) is 20.7. The van der Waals surface area contributed by atoms with Crippen molar-refractivity contribution in [3.05, 3.63) is 48.3 Å². The number of nitrogens with one attached hydrogen (secondary N) is 1. The molecule has 2 saturated heterocycles. The molecule has 4 fully saturated rings. The standard InChI is InChI=1S/C26H34N6OS/c1-19-15-31(9-10-32(19)24-27-13-23(14-28-24)34-22-7-8-22)25(33)29-21-11-26(12-21)17-30(18-26)16-20-5-3-2-4-6-20/h2-6,13-14,19,21-22H,7-12,15-18H2,1H3,(H,29,33). The van der Waals surface area contributed by atoms with Crippen LogP contribution in [0.2, 0.25) is 0 Å². The lowest BCUT2D eigenvalue weighted by atomic mass is 9.60. The van der Waals surface area contributed by atoms with Gasteiger partial charge in [0.15, 0.2) is 0 Å². The number of thioether (sulfide) groups is 1. The molecule has 1 aromatic heterocycles. The van der Waals surface area contributed by atoms with Crippen LogP contribution in [0.25, 0.3) is 0 Å². The summed E-state index contributed by atoms with van der Waals surface area (Å²) in [5.41, 5.74) is 1.81. The van der Waals surface area contributed by atoms with E-state index in [1.807, 2.05) is 29.1 Å². The first-order valence-corrected chi connectivity index (χ1v) is 13.5. The number of rotatable bonds is 6. The molecule has 4 aliphatic rings. The molecule has 180 valence electrons. The average Bonchev–Trinajstić information content (AvgIpc) is 3.61. The molecule has 2 amide bonds. The van der Waals surface area contributed by atoms with E-state index in [9.17, 15) is 4.79 Å². The molecular weight excluding hydrogens is 444 g/mol. The number of carbonyl (C=O) groups excluding carboxylic acids is 1. The van der Waals surface area contributed by atoms with E-state index >= 15 is 0 Å². The molecule has 0 bridgehead atoms. The van der Waals surface area contributed by atoms with Crippen molar-refractivity contribution in [1.82, 2.24) is 25.1 Å². The summed E-state index contributed by atoms with van der Waals surface area (Å²) < 4.78 is 0. The predicted octanol–water partition coefficient (Wildman–Crippen LogP) is 3.62. The summed E-state index contributed by atoms with van der Waals surface area (Å²) in [6, 6.07) is 11.3. The molecule has 1 spiro atoms. The smallest absolute Gasteiger partial charge is 0.317 e. The molecule has 3 heterocycles. The van der Waals surface area contributed by atoms with Crippen molar-refractivity contribution >= 4 is 23.7 Å². The van der Waals surface area contributed by atoms with Crippen molar-refractivity contribution in [3.63, 3.8) is 0 Å². The first-order chi connectivity index (χ1) is 16.6. The SMILES string of the molecule is CC1CN(C(=O)NC2CC3(C2)CN(Cc2ccccc2)C3)CCN1c1ncc(SC2CC2)cn1. The van der Waals surface area contributed by atoms with E-state index in [0.29, 0.717) is 24.5 Å². The first kappa shape index (κ1) is 22.2. The number of hydrogen-bond donors (Lipinski definition) is 1. The second kappa shape index (κ2) is 9.04. The zero-order valence-electron chi connectivity index (χ0n) is 19.9. The van der Waals surface area contributed by atoms with Gasteiger partial charge in [0.1, 0.15) is 0 Å². The van der Waals surface area contributed by atoms with Crippen LogP contribution in [0.1, 0.15) is 38.2 Å². The van der Waals surface area contributed by atoms with Crippen molar-refractivity contribution in [2.75, 3.05) is 37.6 Å². The minimum atomic E-state index is 0.0870. The Morgan fingerprint density at radius 1 is 1.12 bits per heavy atom. The number of carbonyl (C=O) groups is 1. The molecule has 1 aromatic carbocycles. The minimum Gasteiger partial charge on any atom is -0.335 e. The fraction of sp³-hybridized carbons (Fsp3) is 0.577. The third-order valence-corrected chi connectivity index (χ3v) is 8.95. The molecule has 1 atom stereocenters. The van der Waals surface area contributed by atoms with Crippen LogP contribution in [-0.4, -0.2) is 75.9 Å². The van der Waals surface area contributed by atoms with Gasteiger partial charge in [-0.1, -0.05) is 30.3 Å². The quantitative estimate of drug-likeness (QED) is 0.684. The molecule has 0 radical (unpaired) electrons. The number of nitrogens with zero attached hydrogens (tertiary/aromatic N) is 5. The second-order valence-corrected chi connectivity index (χ2v) is 12.1. The summed E-state index contributed by atoms with van der Waals surface area (Å²) >= 11 is 1.88. The second-order valence-electron chi connectivity index (χ2n) is 10.7. The van der Waals surface area contributed by atoms with Crippen LogP contribution in [0.5, 0.6) is 0 Å². The van der Waals surface area contributed by atoms with E-state index in [2.05, 4.69) is 62.3 Å². The first-order valence-electron chi connectivity index (χ1n) is 12.6. The van der Waals surface area contributed by atoms with Crippen LogP contribution in [0.15, 0.2) is 47.6 Å². The maximum Gasteiger partial charge on any atom is 0.317 e. The topological polar surface area (TPSA) is 64.6 Å². The van der Waals surface area contributed by atoms with Crippen molar-refractivity contribution in [3.8, 4) is 0 Å². The predicted molar refractivity (Wildman–Crippen MR) is 135 cm³/mol. The van der Waals surface area contributed by atoms with Gasteiger partial charge >= 0.3 is 6.03 Å². The van der Waals surface area contributed by atoms with Gasteiger partial charge in [0.05, 0.1) is 0 Å². The van der Waals surface area contributed by atoms with E-state index in [4.69, 9.17) is 0 Å². The fourth-order valence-corrected chi connectivity index (χ4v) is 6.79. The minimum absolute atomic E-state index is 0.0870. The van der Waals surface area contributed by atoms with Crippen molar-refractivity contribution in [1.29, 1.82) is 0 Å². The Morgan fingerprint density at radius 3 is 2.53 bits per heavy atom. The van der Waals surface area contributed by atoms with E-state index in [-0.39, 0.29) is 12.1 Å². The molecule has 2 aliphatic carbocycles. The van der Waals surface area contributed by atoms with Gasteiger partial charge in [0.25, 0.3) is 0 Å². The van der Waals surface area contributed by atoms with Gasteiger partial charge in [0.2, 0.25) is 5.95 Å². The molecule has 1 unspecified atom stereocenters. The summed E-state index contributed by atoms with van der Waals surface area (Å²) in [6.45, 7) is 7.69. The largest absolute Gasteiger partial charge is 0.335 e. The number of benzene rings is 1. The molecular formula is C26H34N6OS. The molecule has 2 aliphatic heterocycles. The highest BCUT2D eigenvalue weighted by molar-refractivity contribution is 8.00. The summed E-state index contributed by atoms with van der Waals surface area (Å²) in [5.74, 6) is 0.777. The van der Waals surface area contributed by atoms with Crippen LogP contribution in [0.4, 0.5) is 10.7 Å². The van der Waals surface area contributed by atoms with Crippen molar-refractivity contribution in [2.45, 2.75) is 61.4 Å². The third-order valence-electron chi connectivity index (χ3n) is 7.67. The lowest BCUT2D eigenvalue weighted by molar-refractivity contribution is -0.0809. The maximum absolute atomic E-state index is 12.9. The third kappa shape index (κ3) is 4.75. The van der Waals surface area contributed by atoms with Crippen LogP contribution in [0, 0.1) is 5.41 Å². The van der Waals surface area contributed by atoms with Gasteiger partial charge in [-0.2, -0.15) is 0 Å². The van der Waals surface area contributed by atoms with E-state index < -0.39 is 0 Å². The number of likely N-dealkylation sites (tertiary alicyclic amines) is 1. The Bertz CT molecular complexity index is 1000. The molecule has 2 saturated carbocycles. The fourth-order valence-electron chi connectivity index (χ4n) is 5.80. The molecule has 1 N–H and O–H groups in total. The monoisotopic (exact) mass is 478 g/mol. The molecule has 7 nitrogen and oxygen atoms in total. The van der Waals surface area contributed by atoms with Crippen LogP contribution >= 0.6 is 11.8 Å². The van der Waals surface area contributed by atoms with Gasteiger partial charge in [0, 0.05) is 73.9 Å². The van der Waals surface area contributed by atoms with Gasteiger partial charge in [-0.15, -0.1) is 11.8 Å². The Hall–Kier alpha value is -2.32. The number of anilines is 1. The van der Waals surface area contributed by atoms with Crippen molar-refractivity contribution < 1.29 is 4.79 Å². The summed E-state index contributed by atoms with van der Waals surface area (Å²) in [5, 5.41) is 4.06. The van der Waals surface area contributed by atoms with E-state index in [1.54, 1.807) is 0 Å². The van der Waals surface area contributed by atoms with Gasteiger partial charge < -0.3 is 15.1 Å². The molecule has 34 heavy (non-hydrogen) atoms. The number of urea groups is 1. The number of aromatic nitrogens is 2. The highest BCUT2D eigenvalue weighted by Crippen LogP contribution is 2.48. The number of hydrogen-bond acceptors (Lipinski definition) is 6. The lowest BCUT2D eigenvalue weighted by Crippen LogP contribution is -2.67. The molecule has 8 heteroatoms. The zero-order chi connectivity index (χ0) is 23.1. The van der Waals surface area contributed by atoms with Gasteiger partial charge in [-0.05, 0) is 43.6 Å². The number of piperazine rings is 1. The maximum atomic E-state index is 12.9. The summed E-state index contributed by atoms with van der Waals surface area (Å²) in [6.07, 6.45) is 8.73. The van der Waals surface area contributed by atoms with Crippen LogP contribution in [0.3, 0.4) is 0 Å².